The van der Waals surface area contributed by atoms with Crippen LogP contribution in [0.2, 0.25) is 0 Å². The summed E-state index contributed by atoms with van der Waals surface area (Å²) in [7, 11) is 0. The minimum absolute atomic E-state index is 0.00327. The van der Waals surface area contributed by atoms with Crippen LogP contribution in [0.15, 0.2) is 146 Å². The predicted octanol–water partition coefficient (Wildman–Crippen LogP) is 13.5. The van der Waals surface area contributed by atoms with Gasteiger partial charge in [0, 0.05) is 43.7 Å². The highest BCUT2D eigenvalue weighted by Gasteiger charge is 2.54. The van der Waals surface area contributed by atoms with Crippen molar-refractivity contribution in [2.75, 3.05) is 9.71 Å². The second-order valence-corrected chi connectivity index (χ2v) is 19.9. The molecule has 0 bridgehead atoms. The first-order valence-electron chi connectivity index (χ1n) is 20.8. The first-order chi connectivity index (χ1) is 28.0. The van der Waals surface area contributed by atoms with Gasteiger partial charge in [0.05, 0.1) is 10.7 Å². The molecule has 7 aromatic carbocycles. The first-order valence-corrected chi connectivity index (χ1v) is 21.6. The Balaban J connectivity index is 1.29. The smallest absolute Gasteiger partial charge is 0.334 e. The maximum absolute atomic E-state index is 2.76. The standard InChI is InChI=1S/C54H45BN2S/c1-52(2,3)33-28-29-42(37(30-33)32-18-9-8-10-19-32)56-44-31-38-34-20-11-13-23-39(34)54(6,7)47(38)46-36-22-17-25-41-50(36)57(43-26-15-14-24-40(43)53(41,4)5)55(49(44)46)48-35-21-12-16-27-45(35)58-51(48)56/h8-31H,1-7H3. The van der Waals surface area contributed by atoms with E-state index in [4.69, 9.17) is 0 Å². The van der Waals surface area contributed by atoms with Crippen LogP contribution in [0.5, 0.6) is 0 Å². The fourth-order valence-electron chi connectivity index (χ4n) is 11.2. The van der Waals surface area contributed by atoms with E-state index in [0.29, 0.717) is 0 Å². The summed E-state index contributed by atoms with van der Waals surface area (Å²) < 4.78 is 1.32. The van der Waals surface area contributed by atoms with Gasteiger partial charge in [-0.1, -0.05) is 164 Å². The van der Waals surface area contributed by atoms with Crippen molar-refractivity contribution in [1.29, 1.82) is 0 Å². The summed E-state index contributed by atoms with van der Waals surface area (Å²) in [6.45, 7) is 16.7. The number of hydrogen-bond acceptors (Lipinski definition) is 3. The number of benzene rings is 7. The number of nitrogens with zero attached hydrogens (tertiary/aromatic N) is 2. The van der Waals surface area contributed by atoms with Crippen LogP contribution < -0.4 is 20.6 Å². The van der Waals surface area contributed by atoms with Crippen molar-refractivity contribution in [2.45, 2.75) is 64.7 Å². The number of fused-ring (bicyclic) bond motifs is 12. The minimum atomic E-state index is -0.195. The highest BCUT2D eigenvalue weighted by Crippen LogP contribution is 2.61. The molecule has 4 heterocycles. The van der Waals surface area contributed by atoms with Gasteiger partial charge in [0.15, 0.2) is 0 Å². The molecular formula is C54H45BN2S. The Hall–Kier alpha value is -5.84. The van der Waals surface area contributed by atoms with Gasteiger partial charge in [0.1, 0.15) is 0 Å². The van der Waals surface area contributed by atoms with Crippen molar-refractivity contribution in [3.05, 3.63) is 173 Å². The summed E-state index contributed by atoms with van der Waals surface area (Å²) in [6, 6.07) is 55.6. The summed E-state index contributed by atoms with van der Waals surface area (Å²) in [5, 5.41) is 2.65. The molecule has 280 valence electrons. The molecule has 0 spiro atoms. The Morgan fingerprint density at radius 2 is 1.22 bits per heavy atom. The van der Waals surface area contributed by atoms with Crippen molar-refractivity contribution in [3.63, 3.8) is 0 Å². The largest absolute Gasteiger partial charge is 0.376 e. The van der Waals surface area contributed by atoms with Crippen LogP contribution in [-0.4, -0.2) is 6.85 Å². The highest BCUT2D eigenvalue weighted by molar-refractivity contribution is 7.26. The summed E-state index contributed by atoms with van der Waals surface area (Å²) in [5.74, 6) is 0. The molecule has 0 unspecified atom stereocenters. The van der Waals surface area contributed by atoms with Gasteiger partial charge >= 0.3 is 6.85 Å². The third-order valence-corrected chi connectivity index (χ3v) is 15.1. The van der Waals surface area contributed by atoms with Gasteiger partial charge in [-0.3, -0.25) is 0 Å². The van der Waals surface area contributed by atoms with E-state index in [2.05, 4.69) is 204 Å². The second kappa shape index (κ2) is 11.4. The zero-order chi connectivity index (χ0) is 39.5. The van der Waals surface area contributed by atoms with Crippen LogP contribution in [0.25, 0.3) is 43.5 Å². The summed E-state index contributed by atoms with van der Waals surface area (Å²) >= 11 is 1.94. The highest BCUT2D eigenvalue weighted by atomic mass is 32.1. The summed E-state index contributed by atoms with van der Waals surface area (Å²) in [5.41, 5.74) is 22.6. The van der Waals surface area contributed by atoms with Crippen LogP contribution in [0, 0.1) is 0 Å². The maximum Gasteiger partial charge on any atom is 0.334 e. The molecule has 4 aliphatic rings. The zero-order valence-corrected chi connectivity index (χ0v) is 35.1. The number of thiophene rings is 1. The van der Waals surface area contributed by atoms with Gasteiger partial charge in [-0.2, -0.15) is 0 Å². The van der Waals surface area contributed by atoms with Crippen molar-refractivity contribution < 1.29 is 0 Å². The van der Waals surface area contributed by atoms with Gasteiger partial charge in [-0.15, -0.1) is 11.3 Å². The van der Waals surface area contributed by atoms with Crippen molar-refractivity contribution in [1.82, 2.24) is 0 Å². The fraction of sp³-hybridized carbons (Fsp3) is 0.185. The normalized spacial score (nSPS) is 16.0. The molecule has 4 heteroatoms. The molecule has 58 heavy (non-hydrogen) atoms. The third-order valence-electron chi connectivity index (χ3n) is 14.0. The number of anilines is 5. The number of hydrogen-bond donors (Lipinski definition) is 0. The lowest BCUT2D eigenvalue weighted by molar-refractivity contribution is 0.590. The van der Waals surface area contributed by atoms with E-state index in [1.165, 1.54) is 110 Å². The van der Waals surface area contributed by atoms with E-state index in [1.54, 1.807) is 0 Å². The molecule has 0 amide bonds. The van der Waals surface area contributed by atoms with Gasteiger partial charge < -0.3 is 9.71 Å². The molecule has 0 saturated carbocycles. The van der Waals surface area contributed by atoms with Gasteiger partial charge in [0.2, 0.25) is 0 Å². The molecule has 1 aromatic heterocycles. The molecule has 0 atom stereocenters. The Morgan fingerprint density at radius 3 is 2.03 bits per heavy atom. The molecular weight excluding hydrogens is 719 g/mol. The van der Waals surface area contributed by atoms with Crippen LogP contribution in [0.3, 0.4) is 0 Å². The quantitative estimate of drug-likeness (QED) is 0.162. The Morgan fingerprint density at radius 1 is 0.534 bits per heavy atom. The predicted molar refractivity (Wildman–Crippen MR) is 249 cm³/mol. The molecule has 0 fully saturated rings. The van der Waals surface area contributed by atoms with E-state index in [1.807, 2.05) is 11.3 Å². The topological polar surface area (TPSA) is 6.48 Å². The lowest BCUT2D eigenvalue weighted by atomic mass is 9.42. The number of rotatable bonds is 2. The van der Waals surface area contributed by atoms with Crippen molar-refractivity contribution >= 4 is 66.9 Å². The summed E-state index contributed by atoms with van der Waals surface area (Å²) in [4.78, 5) is 5.43. The Labute approximate surface area is 346 Å². The van der Waals surface area contributed by atoms with Crippen molar-refractivity contribution in [3.8, 4) is 33.4 Å². The zero-order valence-electron chi connectivity index (χ0n) is 34.2. The average Bonchev–Trinajstić information content (AvgIpc) is 3.72. The monoisotopic (exact) mass is 764 g/mol. The maximum atomic E-state index is 2.76. The van der Waals surface area contributed by atoms with Gasteiger partial charge in [-0.25, -0.2) is 0 Å². The second-order valence-electron chi connectivity index (χ2n) is 18.9. The first kappa shape index (κ1) is 34.2. The number of para-hydroxylation sites is 2. The van der Waals surface area contributed by atoms with E-state index < -0.39 is 0 Å². The van der Waals surface area contributed by atoms with Crippen molar-refractivity contribution in [2.24, 2.45) is 0 Å². The van der Waals surface area contributed by atoms with Crippen LogP contribution in [0.1, 0.15) is 76.3 Å². The van der Waals surface area contributed by atoms with Crippen LogP contribution in [0.4, 0.5) is 27.8 Å². The molecule has 0 saturated heterocycles. The SMILES string of the molecule is CC(C)(C)c1ccc(N2c3cc4c(c5c3B(c3c2sc2ccccc32)N2c3ccccc3C(C)(C)c3cccc-5c32)C(C)(C)c2ccccc2-4)c(-c2ccccc2)c1. The molecule has 12 rings (SSSR count). The Kier molecular flexibility index (Phi) is 6.74. The van der Waals surface area contributed by atoms with E-state index in [0.717, 1.165) is 0 Å². The van der Waals surface area contributed by atoms with E-state index in [9.17, 15) is 0 Å². The molecule has 3 aliphatic heterocycles. The third kappa shape index (κ3) is 4.29. The molecule has 2 nitrogen and oxygen atoms in total. The molecule has 1 aliphatic carbocycles. The fourth-order valence-corrected chi connectivity index (χ4v) is 12.5. The molecule has 0 N–H and O–H groups in total. The summed E-state index contributed by atoms with van der Waals surface area (Å²) in [6.07, 6.45) is 0. The van der Waals surface area contributed by atoms with Crippen LogP contribution >= 0.6 is 11.3 Å². The van der Waals surface area contributed by atoms with Gasteiger partial charge in [0.25, 0.3) is 0 Å². The van der Waals surface area contributed by atoms with E-state index >= 15 is 0 Å². The molecule has 0 radical (unpaired) electrons. The molecule has 8 aromatic rings. The lowest BCUT2D eigenvalue weighted by Gasteiger charge is -2.51. The minimum Gasteiger partial charge on any atom is -0.376 e. The Bertz CT molecular complexity index is 3070. The average molecular weight is 765 g/mol. The van der Waals surface area contributed by atoms with Gasteiger partial charge in [-0.05, 0) is 102 Å². The lowest BCUT2D eigenvalue weighted by Crippen LogP contribution is -2.63. The van der Waals surface area contributed by atoms with Crippen LogP contribution in [-0.2, 0) is 16.2 Å². The van der Waals surface area contributed by atoms with E-state index in [-0.39, 0.29) is 23.1 Å².